The fraction of sp³-hybridized carbons (Fsp3) is 0.0500. The van der Waals surface area contributed by atoms with E-state index in [9.17, 15) is 4.79 Å². The lowest BCUT2D eigenvalue weighted by Crippen LogP contribution is -2.31. The molecule has 0 N–H and O–H groups in total. The maximum atomic E-state index is 13.4. The van der Waals surface area contributed by atoms with Crippen molar-refractivity contribution in [3.8, 4) is 0 Å². The lowest BCUT2D eigenvalue weighted by Gasteiger charge is -2.20. The van der Waals surface area contributed by atoms with Gasteiger partial charge in [0.1, 0.15) is 0 Å². The molecule has 28 heavy (non-hydrogen) atoms. The smallest absolute Gasteiger partial charge is 0.262 e. The van der Waals surface area contributed by atoms with Crippen LogP contribution < -0.4 is 4.90 Å². The van der Waals surface area contributed by atoms with Gasteiger partial charge in [-0.2, -0.15) is 0 Å². The molecular weight excluding hydrogens is 437 g/mol. The Balaban J connectivity index is 1.80. The minimum Gasteiger partial charge on any atom is -0.278 e. The Morgan fingerprint density at radius 1 is 1.00 bits per heavy atom. The van der Waals surface area contributed by atoms with Crippen molar-refractivity contribution in [3.63, 3.8) is 0 Å². The van der Waals surface area contributed by atoms with Crippen LogP contribution in [0, 0.1) is 0 Å². The molecule has 8 heteroatoms. The lowest BCUT2D eigenvalue weighted by atomic mass is 10.2. The molecule has 0 spiro atoms. The summed E-state index contributed by atoms with van der Waals surface area (Å²) in [7, 11) is 0. The van der Waals surface area contributed by atoms with Crippen LogP contribution in [0.1, 0.15) is 16.1 Å². The molecule has 4 nitrogen and oxygen atoms in total. The van der Waals surface area contributed by atoms with Crippen LogP contribution in [0.3, 0.4) is 0 Å². The summed E-state index contributed by atoms with van der Waals surface area (Å²) >= 11 is 19.8. The third-order valence-electron chi connectivity index (χ3n) is 4.02. The van der Waals surface area contributed by atoms with E-state index >= 15 is 0 Å². The van der Waals surface area contributed by atoms with Gasteiger partial charge in [0.25, 0.3) is 5.91 Å². The molecule has 0 bridgehead atoms. The summed E-state index contributed by atoms with van der Waals surface area (Å²) in [5, 5.41) is 1.90. The van der Waals surface area contributed by atoms with Gasteiger partial charge in [-0.3, -0.25) is 14.7 Å². The molecule has 0 atom stereocenters. The zero-order valence-electron chi connectivity index (χ0n) is 14.3. The summed E-state index contributed by atoms with van der Waals surface area (Å²) in [4.78, 5) is 23.9. The van der Waals surface area contributed by atoms with Crippen molar-refractivity contribution in [1.29, 1.82) is 0 Å². The number of anilines is 1. The van der Waals surface area contributed by atoms with Gasteiger partial charge in [0.15, 0.2) is 5.13 Å². The number of hydrogen-bond acceptors (Lipinski definition) is 4. The molecule has 2 heterocycles. The third kappa shape index (κ3) is 3.98. The summed E-state index contributed by atoms with van der Waals surface area (Å²) in [6, 6.07) is 15.8. The summed E-state index contributed by atoms with van der Waals surface area (Å²) in [6.45, 7) is 0.246. The van der Waals surface area contributed by atoms with E-state index in [4.69, 9.17) is 34.8 Å². The molecule has 140 valence electrons. The number of thiazole rings is 1. The molecule has 2 aromatic heterocycles. The first-order chi connectivity index (χ1) is 13.5. The van der Waals surface area contributed by atoms with E-state index < -0.39 is 0 Å². The number of nitrogens with zero attached hydrogens (tertiary/aromatic N) is 3. The Bertz CT molecular complexity index is 1160. The van der Waals surface area contributed by atoms with Gasteiger partial charge in [-0.1, -0.05) is 52.2 Å². The maximum Gasteiger partial charge on any atom is 0.262 e. The molecule has 0 aliphatic carbocycles. The number of fused-ring (bicyclic) bond motifs is 1. The van der Waals surface area contributed by atoms with E-state index in [2.05, 4.69) is 9.97 Å². The molecule has 0 aliphatic rings. The Hall–Kier alpha value is -2.18. The fourth-order valence-electron chi connectivity index (χ4n) is 2.69. The predicted molar refractivity (Wildman–Crippen MR) is 116 cm³/mol. The van der Waals surface area contributed by atoms with Crippen LogP contribution in [-0.4, -0.2) is 15.9 Å². The number of carbonyl (C=O) groups excluding carboxylic acids is 1. The monoisotopic (exact) mass is 447 g/mol. The first kappa shape index (κ1) is 19.2. The highest BCUT2D eigenvalue weighted by Gasteiger charge is 2.24. The topological polar surface area (TPSA) is 46.1 Å². The van der Waals surface area contributed by atoms with Gasteiger partial charge < -0.3 is 0 Å². The van der Waals surface area contributed by atoms with Crippen LogP contribution in [0.25, 0.3) is 10.2 Å². The summed E-state index contributed by atoms with van der Waals surface area (Å²) in [5.74, 6) is -0.302. The van der Waals surface area contributed by atoms with Gasteiger partial charge in [0.2, 0.25) is 0 Å². The SMILES string of the molecule is O=C(c1cc(Cl)ccc1Cl)N(Cc1ccccn1)c1nc2ccc(Cl)cc2s1. The minimum atomic E-state index is -0.302. The number of halogens is 3. The number of benzene rings is 2. The normalized spacial score (nSPS) is 11.0. The Kier molecular flexibility index (Phi) is 5.51. The van der Waals surface area contributed by atoms with Gasteiger partial charge in [0.05, 0.1) is 33.0 Å². The van der Waals surface area contributed by atoms with Crippen molar-refractivity contribution in [3.05, 3.63) is 87.1 Å². The summed E-state index contributed by atoms with van der Waals surface area (Å²) < 4.78 is 0.888. The second kappa shape index (κ2) is 8.05. The van der Waals surface area contributed by atoms with Crippen LogP contribution in [0.4, 0.5) is 5.13 Å². The average molecular weight is 449 g/mol. The highest BCUT2D eigenvalue weighted by Crippen LogP contribution is 2.33. The van der Waals surface area contributed by atoms with E-state index in [-0.39, 0.29) is 12.5 Å². The fourth-order valence-corrected chi connectivity index (χ4v) is 4.30. The minimum absolute atomic E-state index is 0.246. The van der Waals surface area contributed by atoms with Crippen LogP contribution in [0.15, 0.2) is 60.8 Å². The predicted octanol–water partition coefficient (Wildman–Crippen LogP) is 6.50. The van der Waals surface area contributed by atoms with E-state index in [1.807, 2.05) is 30.3 Å². The molecule has 0 fully saturated rings. The van der Waals surface area contributed by atoms with Crippen molar-refractivity contribution in [2.75, 3.05) is 4.90 Å². The van der Waals surface area contributed by atoms with Gasteiger partial charge in [0, 0.05) is 16.2 Å². The standard InChI is InChI=1S/C20H12Cl3N3OS/c21-12-4-6-16(23)15(9-12)19(27)26(11-14-3-1-2-8-24-14)20-25-17-7-5-13(22)10-18(17)28-20/h1-10H,11H2. The molecule has 0 unspecified atom stereocenters. The average Bonchev–Trinajstić information content (AvgIpc) is 3.11. The van der Waals surface area contributed by atoms with E-state index in [0.29, 0.717) is 25.8 Å². The third-order valence-corrected chi connectivity index (χ3v) is 5.86. The van der Waals surface area contributed by atoms with E-state index in [1.165, 1.54) is 11.3 Å². The largest absolute Gasteiger partial charge is 0.278 e. The molecule has 0 radical (unpaired) electrons. The number of aromatic nitrogens is 2. The second-order valence-electron chi connectivity index (χ2n) is 5.95. The number of pyridine rings is 1. The first-order valence-electron chi connectivity index (χ1n) is 8.24. The number of hydrogen-bond donors (Lipinski definition) is 0. The lowest BCUT2D eigenvalue weighted by molar-refractivity contribution is 0.0985. The Morgan fingerprint density at radius 2 is 1.79 bits per heavy atom. The zero-order valence-corrected chi connectivity index (χ0v) is 17.4. The quantitative estimate of drug-likeness (QED) is 0.358. The molecule has 2 aromatic carbocycles. The van der Waals surface area contributed by atoms with Crippen molar-refractivity contribution in [2.45, 2.75) is 6.54 Å². The van der Waals surface area contributed by atoms with Crippen molar-refractivity contribution in [2.24, 2.45) is 0 Å². The Labute approximate surface area is 180 Å². The van der Waals surface area contributed by atoms with Crippen LogP contribution in [0.5, 0.6) is 0 Å². The van der Waals surface area contributed by atoms with Gasteiger partial charge >= 0.3 is 0 Å². The molecule has 1 amide bonds. The molecule has 0 saturated heterocycles. The second-order valence-corrected chi connectivity index (χ2v) is 8.23. The molecule has 4 rings (SSSR count). The number of carbonyl (C=O) groups is 1. The van der Waals surface area contributed by atoms with Gasteiger partial charge in [-0.25, -0.2) is 4.98 Å². The summed E-state index contributed by atoms with van der Waals surface area (Å²) in [5.41, 5.74) is 1.80. The zero-order chi connectivity index (χ0) is 19.7. The molecule has 0 aliphatic heterocycles. The number of amides is 1. The van der Waals surface area contributed by atoms with E-state index in [0.717, 1.165) is 15.9 Å². The van der Waals surface area contributed by atoms with Crippen molar-refractivity contribution >= 4 is 67.4 Å². The molecular formula is C20H12Cl3N3OS. The number of rotatable bonds is 4. The van der Waals surface area contributed by atoms with Crippen molar-refractivity contribution in [1.82, 2.24) is 9.97 Å². The van der Waals surface area contributed by atoms with Crippen molar-refractivity contribution < 1.29 is 4.79 Å². The first-order valence-corrected chi connectivity index (χ1v) is 10.2. The highest BCUT2D eigenvalue weighted by atomic mass is 35.5. The molecule has 0 saturated carbocycles. The van der Waals surface area contributed by atoms with Gasteiger partial charge in [-0.05, 0) is 48.5 Å². The Morgan fingerprint density at radius 3 is 2.57 bits per heavy atom. The van der Waals surface area contributed by atoms with Crippen LogP contribution >= 0.6 is 46.1 Å². The maximum absolute atomic E-state index is 13.4. The van der Waals surface area contributed by atoms with Crippen LogP contribution in [0.2, 0.25) is 15.1 Å². The summed E-state index contributed by atoms with van der Waals surface area (Å²) in [6.07, 6.45) is 1.68. The van der Waals surface area contributed by atoms with E-state index in [1.54, 1.807) is 35.4 Å². The highest BCUT2D eigenvalue weighted by molar-refractivity contribution is 7.22. The van der Waals surface area contributed by atoms with Crippen LogP contribution in [-0.2, 0) is 6.54 Å². The molecule has 4 aromatic rings. The van der Waals surface area contributed by atoms with Gasteiger partial charge in [-0.15, -0.1) is 0 Å².